The molecule has 1 aromatic rings. The van der Waals surface area contributed by atoms with Gasteiger partial charge >= 0.3 is 0 Å². The van der Waals surface area contributed by atoms with E-state index in [4.69, 9.17) is 4.74 Å². The minimum atomic E-state index is -3.44. The van der Waals surface area contributed by atoms with Crippen molar-refractivity contribution in [1.29, 1.82) is 0 Å². The molecule has 6 nitrogen and oxygen atoms in total. The maximum absolute atomic E-state index is 11.7. The van der Waals surface area contributed by atoms with Crippen molar-refractivity contribution in [2.75, 3.05) is 13.2 Å². The molecule has 0 spiro atoms. The third kappa shape index (κ3) is 3.52. The summed E-state index contributed by atoms with van der Waals surface area (Å²) in [6.07, 6.45) is 6.83. The molecule has 1 fully saturated rings. The monoisotopic (exact) mass is 259 g/mol. The number of H-pyrrole nitrogens is 1. The summed E-state index contributed by atoms with van der Waals surface area (Å²) in [5.41, 5.74) is 0. The fraction of sp³-hybridized carbons (Fsp3) is 0.700. The quantitative estimate of drug-likeness (QED) is 0.813. The number of nitrogens with zero attached hydrogens (tertiary/aromatic N) is 1. The molecule has 0 radical (unpaired) electrons. The molecule has 1 atom stereocenters. The number of imidazole rings is 1. The van der Waals surface area contributed by atoms with Gasteiger partial charge in [-0.3, -0.25) is 0 Å². The van der Waals surface area contributed by atoms with E-state index in [0.29, 0.717) is 13.0 Å². The first kappa shape index (κ1) is 12.5. The molecule has 0 amide bonds. The van der Waals surface area contributed by atoms with E-state index in [1.54, 1.807) is 0 Å². The first-order valence-electron chi connectivity index (χ1n) is 5.78. The van der Waals surface area contributed by atoms with Crippen LogP contribution in [0, 0.1) is 0 Å². The van der Waals surface area contributed by atoms with Crippen LogP contribution in [-0.4, -0.2) is 37.6 Å². The second-order valence-corrected chi connectivity index (χ2v) is 5.83. The Morgan fingerprint density at radius 3 is 3.06 bits per heavy atom. The number of sulfonamides is 1. The van der Waals surface area contributed by atoms with Crippen molar-refractivity contribution in [2.45, 2.75) is 36.8 Å². The summed E-state index contributed by atoms with van der Waals surface area (Å²) >= 11 is 0. The van der Waals surface area contributed by atoms with Crippen molar-refractivity contribution in [2.24, 2.45) is 0 Å². The van der Waals surface area contributed by atoms with Gasteiger partial charge in [-0.25, -0.2) is 18.1 Å². The first-order chi connectivity index (χ1) is 8.18. The Kier molecular flexibility index (Phi) is 4.14. The molecule has 96 valence electrons. The van der Waals surface area contributed by atoms with Crippen LogP contribution in [0.4, 0.5) is 0 Å². The van der Waals surface area contributed by atoms with Gasteiger partial charge in [0.2, 0.25) is 0 Å². The van der Waals surface area contributed by atoms with Gasteiger partial charge in [-0.15, -0.1) is 0 Å². The van der Waals surface area contributed by atoms with Gasteiger partial charge in [0, 0.05) is 13.2 Å². The topological polar surface area (TPSA) is 84.1 Å². The minimum absolute atomic E-state index is 0.0991. The van der Waals surface area contributed by atoms with Crippen LogP contribution < -0.4 is 4.72 Å². The minimum Gasteiger partial charge on any atom is -0.378 e. The third-order valence-electron chi connectivity index (χ3n) is 2.80. The lowest BCUT2D eigenvalue weighted by Crippen LogP contribution is -2.29. The van der Waals surface area contributed by atoms with Gasteiger partial charge in [-0.05, 0) is 25.7 Å². The van der Waals surface area contributed by atoms with Crippen LogP contribution in [0.3, 0.4) is 0 Å². The van der Waals surface area contributed by atoms with E-state index >= 15 is 0 Å². The molecule has 1 aromatic heterocycles. The van der Waals surface area contributed by atoms with Crippen LogP contribution in [0.2, 0.25) is 0 Å². The molecule has 2 N–H and O–H groups in total. The number of nitrogens with one attached hydrogen (secondary N) is 2. The fourth-order valence-corrected chi connectivity index (χ4v) is 2.81. The molecular formula is C10H17N3O3S. The number of aromatic nitrogens is 2. The molecular weight excluding hydrogens is 242 g/mol. The molecule has 0 bridgehead atoms. The van der Waals surface area contributed by atoms with Gasteiger partial charge in [0.15, 0.2) is 5.03 Å². The zero-order valence-electron chi connectivity index (χ0n) is 9.55. The van der Waals surface area contributed by atoms with Crippen molar-refractivity contribution in [3.63, 3.8) is 0 Å². The number of aromatic amines is 1. The average Bonchev–Trinajstić information content (AvgIpc) is 2.84. The summed E-state index contributed by atoms with van der Waals surface area (Å²) in [5, 5.41) is 0.0991. The summed E-state index contributed by atoms with van der Waals surface area (Å²) in [4.78, 5) is 6.26. The van der Waals surface area contributed by atoms with E-state index in [1.807, 2.05) is 0 Å². The van der Waals surface area contributed by atoms with E-state index in [-0.39, 0.29) is 11.1 Å². The van der Waals surface area contributed by atoms with Gasteiger partial charge < -0.3 is 9.72 Å². The zero-order valence-corrected chi connectivity index (χ0v) is 10.4. The largest absolute Gasteiger partial charge is 0.378 e. The van der Waals surface area contributed by atoms with Gasteiger partial charge in [0.1, 0.15) is 0 Å². The standard InChI is InChI=1S/C10H17N3O3S/c14-17(15,10-7-11-8-12-10)13-5-4-9-3-1-2-6-16-9/h7-9,13H,1-6H2,(H,11,12). The van der Waals surface area contributed by atoms with Gasteiger partial charge in [-0.1, -0.05) is 0 Å². The summed E-state index contributed by atoms with van der Waals surface area (Å²) in [6.45, 7) is 1.18. The van der Waals surface area contributed by atoms with E-state index in [0.717, 1.165) is 25.9 Å². The highest BCUT2D eigenvalue weighted by atomic mass is 32.2. The van der Waals surface area contributed by atoms with Crippen LogP contribution in [0.1, 0.15) is 25.7 Å². The second kappa shape index (κ2) is 5.61. The third-order valence-corrected chi connectivity index (χ3v) is 4.18. The lowest BCUT2D eigenvalue weighted by atomic mass is 10.1. The Balaban J connectivity index is 1.78. The number of ether oxygens (including phenoxy) is 1. The zero-order chi connectivity index (χ0) is 12.1. The molecule has 1 aliphatic rings. The Labute approximate surface area is 101 Å². The highest BCUT2D eigenvalue weighted by molar-refractivity contribution is 7.89. The molecule has 0 aliphatic carbocycles. The smallest absolute Gasteiger partial charge is 0.257 e. The maximum atomic E-state index is 11.7. The predicted molar refractivity (Wildman–Crippen MR) is 62.0 cm³/mol. The van der Waals surface area contributed by atoms with E-state index in [2.05, 4.69) is 14.7 Å². The molecule has 2 heterocycles. The molecule has 0 saturated carbocycles. The molecule has 2 rings (SSSR count). The van der Waals surface area contributed by atoms with Crippen LogP contribution in [0.15, 0.2) is 17.6 Å². The average molecular weight is 259 g/mol. The SMILES string of the molecule is O=S(=O)(NCCC1CCCCO1)c1cnc[nH]1. The normalized spacial score (nSPS) is 21.5. The second-order valence-electron chi connectivity index (χ2n) is 4.09. The van der Waals surface area contributed by atoms with E-state index < -0.39 is 10.0 Å². The van der Waals surface area contributed by atoms with E-state index in [9.17, 15) is 8.42 Å². The Morgan fingerprint density at radius 1 is 1.53 bits per heavy atom. The molecule has 1 unspecified atom stereocenters. The summed E-state index contributed by atoms with van der Waals surface area (Å²) < 4.78 is 31.5. The lowest BCUT2D eigenvalue weighted by molar-refractivity contribution is 0.0123. The Hall–Kier alpha value is -0.920. The summed E-state index contributed by atoms with van der Waals surface area (Å²) in [5.74, 6) is 0. The molecule has 0 aromatic carbocycles. The summed E-state index contributed by atoms with van der Waals surface area (Å²) in [6, 6.07) is 0. The molecule has 1 aliphatic heterocycles. The fourth-order valence-electron chi connectivity index (χ4n) is 1.86. The Bertz CT molecular complexity index is 424. The van der Waals surface area contributed by atoms with Crippen LogP contribution in [0.25, 0.3) is 0 Å². The van der Waals surface area contributed by atoms with Gasteiger partial charge in [-0.2, -0.15) is 0 Å². The first-order valence-corrected chi connectivity index (χ1v) is 7.26. The highest BCUT2D eigenvalue weighted by Crippen LogP contribution is 2.15. The number of hydrogen-bond acceptors (Lipinski definition) is 4. The van der Waals surface area contributed by atoms with Crippen molar-refractivity contribution >= 4 is 10.0 Å². The number of rotatable bonds is 5. The van der Waals surface area contributed by atoms with Crippen molar-refractivity contribution in [3.05, 3.63) is 12.5 Å². The Morgan fingerprint density at radius 2 is 2.41 bits per heavy atom. The number of hydrogen-bond donors (Lipinski definition) is 2. The van der Waals surface area contributed by atoms with Crippen molar-refractivity contribution < 1.29 is 13.2 Å². The maximum Gasteiger partial charge on any atom is 0.257 e. The molecule has 7 heteroatoms. The predicted octanol–water partition coefficient (Wildman–Crippen LogP) is 0.647. The van der Waals surface area contributed by atoms with E-state index in [1.165, 1.54) is 12.5 Å². The van der Waals surface area contributed by atoms with Gasteiger partial charge in [0.25, 0.3) is 10.0 Å². The van der Waals surface area contributed by atoms with Crippen LogP contribution in [0.5, 0.6) is 0 Å². The lowest BCUT2D eigenvalue weighted by Gasteiger charge is -2.22. The van der Waals surface area contributed by atoms with Crippen molar-refractivity contribution in [1.82, 2.24) is 14.7 Å². The molecule has 17 heavy (non-hydrogen) atoms. The summed E-state index contributed by atoms with van der Waals surface area (Å²) in [7, 11) is -3.44. The van der Waals surface area contributed by atoms with Crippen LogP contribution >= 0.6 is 0 Å². The van der Waals surface area contributed by atoms with Crippen molar-refractivity contribution in [3.8, 4) is 0 Å². The highest BCUT2D eigenvalue weighted by Gasteiger charge is 2.17. The van der Waals surface area contributed by atoms with Crippen LogP contribution in [-0.2, 0) is 14.8 Å². The molecule has 1 saturated heterocycles. The van der Waals surface area contributed by atoms with Gasteiger partial charge in [0.05, 0.1) is 18.6 Å².